The van der Waals surface area contributed by atoms with E-state index in [1.165, 1.54) is 25.7 Å². The van der Waals surface area contributed by atoms with E-state index in [4.69, 9.17) is 9.47 Å². The van der Waals surface area contributed by atoms with E-state index in [9.17, 15) is 0 Å². The quantitative estimate of drug-likeness (QED) is 0.610. The smallest absolute Gasteiger partial charge is 0.0599 e. The second-order valence-electron chi connectivity index (χ2n) is 6.00. The molecule has 1 heterocycles. The summed E-state index contributed by atoms with van der Waals surface area (Å²) in [4.78, 5) is 2.35. The first-order valence-corrected chi connectivity index (χ1v) is 7.93. The predicted octanol–water partition coefficient (Wildman–Crippen LogP) is 1.50. The molecule has 0 atom stereocenters. The Morgan fingerprint density at radius 2 is 1.84 bits per heavy atom. The summed E-state index contributed by atoms with van der Waals surface area (Å²) >= 11 is 0. The summed E-state index contributed by atoms with van der Waals surface area (Å²) in [5.74, 6) is 0.878. The van der Waals surface area contributed by atoms with Gasteiger partial charge in [-0.2, -0.15) is 0 Å². The SMILES string of the molecule is CN(CCCOC1CCNCC1)CCOCC1CC1. The fourth-order valence-electron chi connectivity index (χ4n) is 2.41. The van der Waals surface area contributed by atoms with Crippen LogP contribution >= 0.6 is 0 Å². The van der Waals surface area contributed by atoms with Gasteiger partial charge in [0.05, 0.1) is 12.7 Å². The number of hydrogen-bond donors (Lipinski definition) is 1. The highest BCUT2D eigenvalue weighted by Crippen LogP contribution is 2.28. The van der Waals surface area contributed by atoms with E-state index >= 15 is 0 Å². The molecular formula is C15H30N2O2. The fraction of sp³-hybridized carbons (Fsp3) is 1.00. The van der Waals surface area contributed by atoms with Gasteiger partial charge in [0, 0.05) is 26.3 Å². The summed E-state index contributed by atoms with van der Waals surface area (Å²) in [5, 5.41) is 3.36. The van der Waals surface area contributed by atoms with Crippen LogP contribution in [0, 0.1) is 5.92 Å². The molecule has 1 aliphatic carbocycles. The molecule has 112 valence electrons. The summed E-state index contributed by atoms with van der Waals surface area (Å²) in [5.41, 5.74) is 0. The Hall–Kier alpha value is -0.160. The Morgan fingerprint density at radius 3 is 2.58 bits per heavy atom. The molecule has 0 aromatic rings. The Kier molecular flexibility index (Phi) is 7.14. The third-order valence-corrected chi connectivity index (χ3v) is 3.99. The maximum absolute atomic E-state index is 5.90. The van der Waals surface area contributed by atoms with Crippen molar-refractivity contribution >= 4 is 0 Å². The largest absolute Gasteiger partial charge is 0.380 e. The third-order valence-electron chi connectivity index (χ3n) is 3.99. The van der Waals surface area contributed by atoms with E-state index in [-0.39, 0.29) is 0 Å². The first-order chi connectivity index (χ1) is 9.34. The summed E-state index contributed by atoms with van der Waals surface area (Å²) < 4.78 is 11.6. The Labute approximate surface area is 117 Å². The predicted molar refractivity (Wildman–Crippen MR) is 77.5 cm³/mol. The summed E-state index contributed by atoms with van der Waals surface area (Å²) in [7, 11) is 2.17. The molecule has 0 aromatic carbocycles. The van der Waals surface area contributed by atoms with Crippen LogP contribution in [0.2, 0.25) is 0 Å². The number of hydrogen-bond acceptors (Lipinski definition) is 4. The molecule has 2 aliphatic rings. The number of nitrogens with one attached hydrogen (secondary N) is 1. The lowest BCUT2D eigenvalue weighted by Gasteiger charge is -2.23. The molecule has 2 rings (SSSR count). The molecule has 0 unspecified atom stereocenters. The molecule has 1 aliphatic heterocycles. The normalized spacial score (nSPS) is 21.2. The first kappa shape index (κ1) is 15.2. The second kappa shape index (κ2) is 8.90. The van der Waals surface area contributed by atoms with Crippen LogP contribution in [0.1, 0.15) is 32.1 Å². The van der Waals surface area contributed by atoms with Gasteiger partial charge < -0.3 is 19.7 Å². The highest BCUT2D eigenvalue weighted by atomic mass is 16.5. The van der Waals surface area contributed by atoms with Crippen molar-refractivity contribution in [1.82, 2.24) is 10.2 Å². The van der Waals surface area contributed by atoms with Gasteiger partial charge in [0.2, 0.25) is 0 Å². The van der Waals surface area contributed by atoms with Crippen LogP contribution in [-0.4, -0.2) is 64.1 Å². The van der Waals surface area contributed by atoms with Gasteiger partial charge >= 0.3 is 0 Å². The van der Waals surface area contributed by atoms with Crippen molar-refractivity contribution in [3.05, 3.63) is 0 Å². The molecule has 1 saturated carbocycles. The van der Waals surface area contributed by atoms with Gasteiger partial charge in [-0.05, 0) is 58.2 Å². The average molecular weight is 270 g/mol. The molecule has 4 nitrogen and oxygen atoms in total. The topological polar surface area (TPSA) is 33.7 Å². The van der Waals surface area contributed by atoms with E-state index < -0.39 is 0 Å². The van der Waals surface area contributed by atoms with Gasteiger partial charge in [0.1, 0.15) is 0 Å². The van der Waals surface area contributed by atoms with Crippen LogP contribution in [0.3, 0.4) is 0 Å². The van der Waals surface area contributed by atoms with E-state index in [1.54, 1.807) is 0 Å². The zero-order valence-corrected chi connectivity index (χ0v) is 12.4. The molecule has 1 saturated heterocycles. The zero-order valence-electron chi connectivity index (χ0n) is 12.4. The maximum Gasteiger partial charge on any atom is 0.0599 e. The number of rotatable bonds is 10. The van der Waals surface area contributed by atoms with Gasteiger partial charge in [-0.3, -0.25) is 0 Å². The summed E-state index contributed by atoms with van der Waals surface area (Å²) in [6.45, 7) is 7.14. The molecule has 0 radical (unpaired) electrons. The van der Waals surface area contributed by atoms with Crippen LogP contribution in [0.5, 0.6) is 0 Å². The lowest BCUT2D eigenvalue weighted by Crippen LogP contribution is -2.33. The van der Waals surface area contributed by atoms with Gasteiger partial charge in [-0.1, -0.05) is 0 Å². The minimum Gasteiger partial charge on any atom is -0.380 e. The van der Waals surface area contributed by atoms with E-state index in [2.05, 4.69) is 17.3 Å². The standard InChI is InChI=1S/C15H30N2O2/c1-17(10-12-18-13-14-3-4-14)9-2-11-19-15-5-7-16-8-6-15/h14-16H,2-13H2,1H3. The van der Waals surface area contributed by atoms with Gasteiger partial charge in [-0.25, -0.2) is 0 Å². The lowest BCUT2D eigenvalue weighted by atomic mass is 10.1. The van der Waals surface area contributed by atoms with Gasteiger partial charge in [-0.15, -0.1) is 0 Å². The molecule has 0 spiro atoms. The van der Waals surface area contributed by atoms with E-state index in [1.807, 2.05) is 0 Å². The monoisotopic (exact) mass is 270 g/mol. The molecular weight excluding hydrogens is 240 g/mol. The molecule has 0 aromatic heterocycles. The van der Waals surface area contributed by atoms with E-state index in [0.29, 0.717) is 6.10 Å². The average Bonchev–Trinajstić information content (AvgIpc) is 3.25. The van der Waals surface area contributed by atoms with Crippen LogP contribution in [0.15, 0.2) is 0 Å². The third kappa shape index (κ3) is 7.25. The highest BCUT2D eigenvalue weighted by Gasteiger charge is 2.20. The summed E-state index contributed by atoms with van der Waals surface area (Å²) in [6, 6.07) is 0. The second-order valence-corrected chi connectivity index (χ2v) is 6.00. The van der Waals surface area contributed by atoms with Gasteiger partial charge in [0.15, 0.2) is 0 Å². The lowest BCUT2D eigenvalue weighted by molar-refractivity contribution is 0.0272. The van der Waals surface area contributed by atoms with Crippen molar-refractivity contribution in [3.8, 4) is 0 Å². The molecule has 2 fully saturated rings. The molecule has 1 N–H and O–H groups in total. The van der Waals surface area contributed by atoms with Crippen molar-refractivity contribution < 1.29 is 9.47 Å². The van der Waals surface area contributed by atoms with Crippen molar-refractivity contribution in [2.75, 3.05) is 53.0 Å². The van der Waals surface area contributed by atoms with Crippen molar-refractivity contribution in [2.45, 2.75) is 38.2 Å². The van der Waals surface area contributed by atoms with Gasteiger partial charge in [0.25, 0.3) is 0 Å². The Bertz CT molecular complexity index is 228. The van der Waals surface area contributed by atoms with Crippen LogP contribution in [0.25, 0.3) is 0 Å². The molecule has 4 heteroatoms. The van der Waals surface area contributed by atoms with Crippen LogP contribution in [0.4, 0.5) is 0 Å². The highest BCUT2D eigenvalue weighted by molar-refractivity contribution is 4.72. The summed E-state index contributed by atoms with van der Waals surface area (Å²) in [6.07, 6.45) is 6.72. The molecule has 19 heavy (non-hydrogen) atoms. The molecule has 0 bridgehead atoms. The van der Waals surface area contributed by atoms with Crippen molar-refractivity contribution in [1.29, 1.82) is 0 Å². The number of likely N-dealkylation sites (N-methyl/N-ethyl adjacent to an activating group) is 1. The van der Waals surface area contributed by atoms with Crippen LogP contribution in [-0.2, 0) is 9.47 Å². The Morgan fingerprint density at radius 1 is 1.05 bits per heavy atom. The molecule has 0 amide bonds. The van der Waals surface area contributed by atoms with Crippen molar-refractivity contribution in [3.63, 3.8) is 0 Å². The number of ether oxygens (including phenoxy) is 2. The van der Waals surface area contributed by atoms with Crippen molar-refractivity contribution in [2.24, 2.45) is 5.92 Å². The zero-order chi connectivity index (χ0) is 13.3. The maximum atomic E-state index is 5.90. The Balaban J connectivity index is 1.36. The van der Waals surface area contributed by atoms with E-state index in [0.717, 1.165) is 58.3 Å². The first-order valence-electron chi connectivity index (χ1n) is 7.93. The van der Waals surface area contributed by atoms with Crippen LogP contribution < -0.4 is 5.32 Å². The minimum absolute atomic E-state index is 0.494. The number of nitrogens with zero attached hydrogens (tertiary/aromatic N) is 1. The number of piperidine rings is 1. The minimum atomic E-state index is 0.494. The fourth-order valence-corrected chi connectivity index (χ4v) is 2.41.